The first-order chi connectivity index (χ1) is 7.69. The molecule has 1 aromatic carbocycles. The normalized spacial score (nSPS) is 10.1. The van der Waals surface area contributed by atoms with Gasteiger partial charge >= 0.3 is 0 Å². The summed E-state index contributed by atoms with van der Waals surface area (Å²) in [5, 5.41) is 0.295. The van der Waals surface area contributed by atoms with Crippen molar-refractivity contribution in [2.24, 2.45) is 0 Å². The van der Waals surface area contributed by atoms with Gasteiger partial charge < -0.3 is 4.74 Å². The second kappa shape index (κ2) is 4.59. The van der Waals surface area contributed by atoms with Gasteiger partial charge in [-0.05, 0) is 12.1 Å². The Labute approximate surface area is 99.5 Å². The number of halogens is 2. The van der Waals surface area contributed by atoms with E-state index in [4.69, 9.17) is 16.3 Å². The third-order valence-electron chi connectivity index (χ3n) is 1.70. The number of rotatable bonds is 3. The Morgan fingerprint density at radius 2 is 2.31 bits per heavy atom. The van der Waals surface area contributed by atoms with Crippen LogP contribution in [-0.2, 0) is 0 Å². The number of thiazole rings is 1. The molecule has 0 saturated carbocycles. The molecule has 0 amide bonds. The minimum Gasteiger partial charge on any atom is -0.431 e. The van der Waals surface area contributed by atoms with Crippen molar-refractivity contribution < 1.29 is 13.9 Å². The van der Waals surface area contributed by atoms with Crippen molar-refractivity contribution in [1.82, 2.24) is 4.98 Å². The number of benzene rings is 1. The number of aldehydes is 1. The lowest BCUT2D eigenvalue weighted by Gasteiger charge is -1.99. The predicted octanol–water partition coefficient (Wildman–Crippen LogP) is 3.54. The standard InChI is InChI=1S/C10H5ClFNO2S/c11-9-8(5-14)16-10(13-9)15-7-3-1-2-6(12)4-7/h1-5H. The lowest BCUT2D eigenvalue weighted by Crippen LogP contribution is -1.83. The summed E-state index contributed by atoms with van der Waals surface area (Å²) >= 11 is 6.66. The highest BCUT2D eigenvalue weighted by Gasteiger charge is 2.10. The van der Waals surface area contributed by atoms with E-state index >= 15 is 0 Å². The van der Waals surface area contributed by atoms with Gasteiger partial charge in [0.15, 0.2) is 11.4 Å². The van der Waals surface area contributed by atoms with E-state index in [1.165, 1.54) is 18.2 Å². The van der Waals surface area contributed by atoms with Crippen LogP contribution in [0.3, 0.4) is 0 Å². The summed E-state index contributed by atoms with van der Waals surface area (Å²) in [7, 11) is 0. The number of aromatic nitrogens is 1. The van der Waals surface area contributed by atoms with Crippen molar-refractivity contribution in [2.45, 2.75) is 0 Å². The van der Waals surface area contributed by atoms with Crippen molar-refractivity contribution in [1.29, 1.82) is 0 Å². The third kappa shape index (κ3) is 2.37. The molecule has 16 heavy (non-hydrogen) atoms. The summed E-state index contributed by atoms with van der Waals surface area (Å²) in [6.07, 6.45) is 0.596. The molecule has 0 spiro atoms. The first-order valence-corrected chi connectivity index (χ1v) is 5.43. The molecular formula is C10H5ClFNO2S. The van der Waals surface area contributed by atoms with Crippen molar-refractivity contribution >= 4 is 29.2 Å². The Morgan fingerprint density at radius 3 is 2.94 bits per heavy atom. The molecule has 0 radical (unpaired) electrons. The van der Waals surface area contributed by atoms with Gasteiger partial charge in [0.05, 0.1) is 0 Å². The molecule has 0 aliphatic heterocycles. The largest absolute Gasteiger partial charge is 0.431 e. The SMILES string of the molecule is O=Cc1sc(Oc2cccc(F)c2)nc1Cl. The van der Waals surface area contributed by atoms with E-state index < -0.39 is 5.82 Å². The van der Waals surface area contributed by atoms with Crippen LogP contribution in [0, 0.1) is 5.82 Å². The third-order valence-corrected chi connectivity index (χ3v) is 2.96. The molecule has 3 nitrogen and oxygen atoms in total. The Bertz CT molecular complexity index is 529. The summed E-state index contributed by atoms with van der Waals surface area (Å²) in [6.45, 7) is 0. The highest BCUT2D eigenvalue weighted by molar-refractivity contribution is 7.15. The van der Waals surface area contributed by atoms with Crippen LogP contribution in [0.2, 0.25) is 5.15 Å². The molecule has 6 heteroatoms. The summed E-state index contributed by atoms with van der Waals surface area (Å²) in [6, 6.07) is 5.62. The maximum absolute atomic E-state index is 12.8. The van der Waals surface area contributed by atoms with Crippen molar-refractivity contribution in [2.75, 3.05) is 0 Å². The molecule has 0 N–H and O–H groups in total. The number of nitrogens with zero attached hydrogens (tertiary/aromatic N) is 1. The van der Waals surface area contributed by atoms with E-state index in [9.17, 15) is 9.18 Å². The van der Waals surface area contributed by atoms with Gasteiger partial charge in [0.25, 0.3) is 5.19 Å². The second-order valence-corrected chi connectivity index (χ2v) is 4.16. The minimum absolute atomic E-state index is 0.0893. The van der Waals surface area contributed by atoms with E-state index in [1.54, 1.807) is 6.07 Å². The van der Waals surface area contributed by atoms with E-state index in [1.807, 2.05) is 0 Å². The van der Waals surface area contributed by atoms with Crippen LogP contribution in [-0.4, -0.2) is 11.3 Å². The van der Waals surface area contributed by atoms with Gasteiger partial charge in [0.1, 0.15) is 16.4 Å². The zero-order chi connectivity index (χ0) is 11.5. The molecule has 82 valence electrons. The van der Waals surface area contributed by atoms with Crippen molar-refractivity contribution in [3.8, 4) is 10.9 Å². The number of carbonyl (C=O) groups is 1. The van der Waals surface area contributed by atoms with Crippen LogP contribution in [0.25, 0.3) is 0 Å². The molecule has 0 bridgehead atoms. The summed E-state index contributed by atoms with van der Waals surface area (Å²) in [5.41, 5.74) is 0. The maximum Gasteiger partial charge on any atom is 0.280 e. The maximum atomic E-state index is 12.8. The zero-order valence-electron chi connectivity index (χ0n) is 7.81. The van der Waals surface area contributed by atoms with Gasteiger partial charge in [-0.2, -0.15) is 4.98 Å². The molecule has 0 saturated heterocycles. The van der Waals surface area contributed by atoms with Gasteiger partial charge in [0.2, 0.25) is 0 Å². The highest BCUT2D eigenvalue weighted by atomic mass is 35.5. The smallest absolute Gasteiger partial charge is 0.280 e. The van der Waals surface area contributed by atoms with Gasteiger partial charge in [-0.25, -0.2) is 4.39 Å². The van der Waals surface area contributed by atoms with E-state index in [2.05, 4.69) is 4.98 Å². The molecule has 0 aliphatic carbocycles. The average molecular weight is 258 g/mol. The number of hydrogen-bond donors (Lipinski definition) is 0. The van der Waals surface area contributed by atoms with E-state index in [-0.39, 0.29) is 15.2 Å². The Balaban J connectivity index is 2.23. The van der Waals surface area contributed by atoms with Crippen molar-refractivity contribution in [3.63, 3.8) is 0 Å². The fraction of sp³-hybridized carbons (Fsp3) is 0. The zero-order valence-corrected chi connectivity index (χ0v) is 9.39. The van der Waals surface area contributed by atoms with E-state index in [0.29, 0.717) is 12.0 Å². The Hall–Kier alpha value is -1.46. The number of hydrogen-bond acceptors (Lipinski definition) is 4. The lowest BCUT2D eigenvalue weighted by molar-refractivity contribution is 0.112. The van der Waals surface area contributed by atoms with Crippen LogP contribution >= 0.6 is 22.9 Å². The summed E-state index contributed by atoms with van der Waals surface area (Å²) in [4.78, 5) is 14.6. The van der Waals surface area contributed by atoms with E-state index in [0.717, 1.165) is 11.3 Å². The highest BCUT2D eigenvalue weighted by Crippen LogP contribution is 2.30. The monoisotopic (exact) mass is 257 g/mol. The average Bonchev–Trinajstić information content (AvgIpc) is 2.58. The first kappa shape index (κ1) is 11.0. The van der Waals surface area contributed by atoms with Crippen LogP contribution in [0.15, 0.2) is 24.3 Å². The lowest BCUT2D eigenvalue weighted by atomic mass is 10.3. The molecule has 0 aliphatic rings. The van der Waals surface area contributed by atoms with Gasteiger partial charge in [0, 0.05) is 6.07 Å². The minimum atomic E-state index is -0.407. The van der Waals surface area contributed by atoms with Crippen LogP contribution in [0.5, 0.6) is 10.9 Å². The molecule has 2 aromatic rings. The Morgan fingerprint density at radius 1 is 1.50 bits per heavy atom. The summed E-state index contributed by atoms with van der Waals surface area (Å²) in [5.74, 6) is -0.0985. The van der Waals surface area contributed by atoms with Crippen LogP contribution in [0.1, 0.15) is 9.67 Å². The molecule has 1 heterocycles. The van der Waals surface area contributed by atoms with Gasteiger partial charge in [-0.3, -0.25) is 4.79 Å². The van der Waals surface area contributed by atoms with Gasteiger partial charge in [-0.1, -0.05) is 29.0 Å². The van der Waals surface area contributed by atoms with Crippen LogP contribution < -0.4 is 4.74 Å². The fourth-order valence-electron chi connectivity index (χ4n) is 1.04. The fourth-order valence-corrected chi connectivity index (χ4v) is 1.97. The molecule has 1 aromatic heterocycles. The molecular weight excluding hydrogens is 253 g/mol. The van der Waals surface area contributed by atoms with Crippen LogP contribution in [0.4, 0.5) is 4.39 Å². The molecule has 0 unspecified atom stereocenters. The number of carbonyl (C=O) groups excluding carboxylic acids is 1. The van der Waals surface area contributed by atoms with Crippen molar-refractivity contribution in [3.05, 3.63) is 40.1 Å². The topological polar surface area (TPSA) is 39.2 Å². The second-order valence-electron chi connectivity index (χ2n) is 2.81. The first-order valence-electron chi connectivity index (χ1n) is 4.24. The van der Waals surface area contributed by atoms with Gasteiger partial charge in [-0.15, -0.1) is 0 Å². The number of ether oxygens (including phenoxy) is 1. The molecule has 0 fully saturated rings. The molecule has 0 atom stereocenters. The Kier molecular flexibility index (Phi) is 3.17. The summed E-state index contributed by atoms with van der Waals surface area (Å²) < 4.78 is 18.1. The molecule has 2 rings (SSSR count). The predicted molar refractivity (Wildman–Crippen MR) is 59.0 cm³/mol. The quantitative estimate of drug-likeness (QED) is 0.790.